The maximum atomic E-state index is 7.92. The lowest BCUT2D eigenvalue weighted by atomic mass is 9.47. The molecule has 0 spiro atoms. The number of benzene rings is 1. The molecule has 0 unspecified atom stereocenters. The van der Waals surface area contributed by atoms with E-state index in [9.17, 15) is 0 Å². The predicted octanol–water partition coefficient (Wildman–Crippen LogP) is 8.04. The number of rotatable bonds is 5. The third-order valence-electron chi connectivity index (χ3n) is 12.5. The standard InChI is InChI=1S/C36H41N5O/c1-37-29-11-27(30-13-33(42-3)41(2)40-30)10-28(12-29)34-38-31(35-15-21-4-22(16-35)6-23(5-21)17-35)14-32(39-34)36-18-24-7-25(19-36)9-26(8-24)20-36/h10-14,21-26H,4-9,15-20H2,2-3H3. The molecule has 6 nitrogen and oxygen atoms in total. The SMILES string of the molecule is [C-]#[N+]c1cc(-c2cc(OC)n(C)n2)cc(-c2nc(C34CC5CC(CC(C5)C3)C4)cc(C34CC5CC(CC(C5)C3)C4)n2)c1. The molecule has 2 aromatic heterocycles. The van der Waals surface area contributed by atoms with Crippen molar-refractivity contribution in [3.05, 3.63) is 53.1 Å². The van der Waals surface area contributed by atoms with Gasteiger partial charge in [-0.2, -0.15) is 5.10 Å². The summed E-state index contributed by atoms with van der Waals surface area (Å²) >= 11 is 0. The lowest BCUT2D eigenvalue weighted by molar-refractivity contribution is -0.0110. The van der Waals surface area contributed by atoms with Gasteiger partial charge in [-0.1, -0.05) is 0 Å². The minimum Gasteiger partial charge on any atom is -0.481 e. The number of methoxy groups -OCH3 is 1. The molecular formula is C36H41N5O. The maximum Gasteiger partial charge on any atom is 0.211 e. The third-order valence-corrected chi connectivity index (χ3v) is 12.5. The molecule has 2 heterocycles. The molecule has 0 saturated heterocycles. The van der Waals surface area contributed by atoms with Gasteiger partial charge in [0.2, 0.25) is 5.88 Å². The normalized spacial score (nSPS) is 37.3. The van der Waals surface area contributed by atoms with Crippen LogP contribution in [0.25, 0.3) is 27.5 Å². The first kappa shape index (κ1) is 25.3. The Bertz CT molecular complexity index is 1490. The van der Waals surface area contributed by atoms with E-state index in [0.717, 1.165) is 58.2 Å². The number of aryl methyl sites for hydroxylation is 1. The van der Waals surface area contributed by atoms with E-state index in [2.05, 4.69) is 17.0 Å². The quantitative estimate of drug-likeness (QED) is 0.297. The van der Waals surface area contributed by atoms with Crippen LogP contribution in [0.4, 0.5) is 5.69 Å². The first-order valence-corrected chi connectivity index (χ1v) is 16.4. The van der Waals surface area contributed by atoms with Crippen molar-refractivity contribution in [2.24, 2.45) is 42.6 Å². The molecule has 42 heavy (non-hydrogen) atoms. The number of hydrogen-bond donors (Lipinski definition) is 0. The molecule has 3 aromatic rings. The molecule has 11 rings (SSSR count). The second kappa shape index (κ2) is 8.91. The fraction of sp³-hybridized carbons (Fsp3) is 0.611. The van der Waals surface area contributed by atoms with Gasteiger partial charge in [0.1, 0.15) is 0 Å². The van der Waals surface area contributed by atoms with Crippen molar-refractivity contribution < 1.29 is 4.74 Å². The summed E-state index contributed by atoms with van der Waals surface area (Å²) in [7, 11) is 3.55. The van der Waals surface area contributed by atoms with Crippen LogP contribution in [0.3, 0.4) is 0 Å². The van der Waals surface area contributed by atoms with Crippen molar-refractivity contribution in [3.63, 3.8) is 0 Å². The Labute approximate surface area is 249 Å². The molecule has 8 fully saturated rings. The Hall–Kier alpha value is -3.20. The molecule has 8 bridgehead atoms. The summed E-state index contributed by atoms with van der Waals surface area (Å²) in [5.41, 5.74) is 6.33. The second-order valence-corrected chi connectivity index (χ2v) is 15.4. The van der Waals surface area contributed by atoms with Crippen molar-refractivity contribution in [2.45, 2.75) is 87.9 Å². The summed E-state index contributed by atoms with van der Waals surface area (Å²) in [6.45, 7) is 7.92. The van der Waals surface area contributed by atoms with Gasteiger partial charge >= 0.3 is 0 Å². The van der Waals surface area contributed by atoms with E-state index in [0.29, 0.717) is 11.6 Å². The predicted molar refractivity (Wildman–Crippen MR) is 162 cm³/mol. The third kappa shape index (κ3) is 3.84. The molecule has 8 aliphatic carbocycles. The molecular weight excluding hydrogens is 518 g/mol. The van der Waals surface area contributed by atoms with Crippen LogP contribution in [-0.4, -0.2) is 26.9 Å². The number of ether oxygens (including phenoxy) is 1. The minimum absolute atomic E-state index is 0.206. The molecule has 0 radical (unpaired) electrons. The highest BCUT2D eigenvalue weighted by atomic mass is 16.5. The zero-order valence-corrected chi connectivity index (χ0v) is 25.0. The smallest absolute Gasteiger partial charge is 0.211 e. The van der Waals surface area contributed by atoms with Crippen molar-refractivity contribution in [1.82, 2.24) is 19.7 Å². The van der Waals surface area contributed by atoms with Gasteiger partial charge in [0.15, 0.2) is 11.5 Å². The second-order valence-electron chi connectivity index (χ2n) is 15.4. The summed E-state index contributed by atoms with van der Waals surface area (Å²) in [6.07, 6.45) is 16.4. The van der Waals surface area contributed by atoms with Crippen molar-refractivity contribution >= 4 is 5.69 Å². The Morgan fingerprint density at radius 2 is 1.19 bits per heavy atom. The Morgan fingerprint density at radius 1 is 0.714 bits per heavy atom. The summed E-state index contributed by atoms with van der Waals surface area (Å²) in [5, 5.41) is 4.70. The average Bonchev–Trinajstić information content (AvgIpc) is 3.36. The van der Waals surface area contributed by atoms with Crippen LogP contribution < -0.4 is 4.74 Å². The van der Waals surface area contributed by atoms with Gasteiger partial charge in [-0.25, -0.2) is 19.5 Å². The van der Waals surface area contributed by atoms with Gasteiger partial charge in [-0.05, 0) is 142 Å². The van der Waals surface area contributed by atoms with Crippen LogP contribution in [0.2, 0.25) is 0 Å². The highest BCUT2D eigenvalue weighted by molar-refractivity contribution is 5.75. The molecule has 0 aliphatic heterocycles. The van der Waals surface area contributed by atoms with Crippen LogP contribution in [-0.2, 0) is 17.9 Å². The minimum atomic E-state index is 0.206. The summed E-state index contributed by atoms with van der Waals surface area (Å²) in [4.78, 5) is 14.9. The van der Waals surface area contributed by atoms with Gasteiger partial charge in [0.05, 0.1) is 30.8 Å². The van der Waals surface area contributed by atoms with Crippen molar-refractivity contribution in [1.29, 1.82) is 0 Å². The molecule has 0 N–H and O–H groups in total. The van der Waals surface area contributed by atoms with E-state index in [-0.39, 0.29) is 10.8 Å². The van der Waals surface area contributed by atoms with Gasteiger partial charge < -0.3 is 4.74 Å². The summed E-state index contributed by atoms with van der Waals surface area (Å²) in [6, 6.07) is 10.5. The molecule has 6 heteroatoms. The van der Waals surface area contributed by atoms with E-state index in [1.165, 1.54) is 88.4 Å². The molecule has 0 amide bonds. The number of hydrogen-bond acceptors (Lipinski definition) is 4. The van der Waals surface area contributed by atoms with Gasteiger partial charge in [0, 0.05) is 29.5 Å². The van der Waals surface area contributed by atoms with E-state index >= 15 is 0 Å². The Kier molecular flexibility index (Phi) is 5.37. The van der Waals surface area contributed by atoms with Crippen LogP contribution in [0.1, 0.15) is 88.4 Å². The van der Waals surface area contributed by atoms with Gasteiger partial charge in [-0.15, -0.1) is 0 Å². The van der Waals surface area contributed by atoms with E-state index in [1.807, 2.05) is 25.2 Å². The monoisotopic (exact) mass is 559 g/mol. The Balaban J connectivity index is 1.21. The van der Waals surface area contributed by atoms with Crippen LogP contribution in [0.5, 0.6) is 5.88 Å². The Morgan fingerprint density at radius 3 is 1.62 bits per heavy atom. The zero-order valence-electron chi connectivity index (χ0n) is 25.0. The summed E-state index contributed by atoms with van der Waals surface area (Å²) in [5.74, 6) is 6.74. The zero-order chi connectivity index (χ0) is 28.2. The highest BCUT2D eigenvalue weighted by Crippen LogP contribution is 2.63. The van der Waals surface area contributed by atoms with Crippen molar-refractivity contribution in [2.75, 3.05) is 7.11 Å². The average molecular weight is 560 g/mol. The fourth-order valence-corrected chi connectivity index (χ4v) is 11.7. The first-order chi connectivity index (χ1) is 20.4. The topological polar surface area (TPSA) is 57.2 Å². The summed E-state index contributed by atoms with van der Waals surface area (Å²) < 4.78 is 7.24. The van der Waals surface area contributed by atoms with Crippen LogP contribution >= 0.6 is 0 Å². The van der Waals surface area contributed by atoms with Crippen LogP contribution in [0, 0.1) is 42.1 Å². The first-order valence-electron chi connectivity index (χ1n) is 16.4. The molecule has 8 saturated carbocycles. The lowest BCUT2D eigenvalue weighted by Gasteiger charge is -2.58. The fourth-order valence-electron chi connectivity index (χ4n) is 11.7. The van der Waals surface area contributed by atoms with E-state index < -0.39 is 0 Å². The highest BCUT2D eigenvalue weighted by Gasteiger charge is 2.55. The maximum absolute atomic E-state index is 7.92. The number of nitrogens with zero attached hydrogens (tertiary/aromatic N) is 5. The van der Waals surface area contributed by atoms with Crippen LogP contribution in [0.15, 0.2) is 30.3 Å². The van der Waals surface area contributed by atoms with Gasteiger partial charge in [-0.3, -0.25) is 0 Å². The number of aromatic nitrogens is 4. The molecule has 0 atom stereocenters. The molecule has 1 aromatic carbocycles. The van der Waals surface area contributed by atoms with E-state index in [1.54, 1.807) is 11.8 Å². The van der Waals surface area contributed by atoms with Gasteiger partial charge in [0.25, 0.3) is 0 Å². The van der Waals surface area contributed by atoms with E-state index in [4.69, 9.17) is 26.4 Å². The van der Waals surface area contributed by atoms with Crippen molar-refractivity contribution in [3.8, 4) is 28.5 Å². The molecule has 216 valence electrons. The molecule has 8 aliphatic rings. The largest absolute Gasteiger partial charge is 0.481 e. The lowest BCUT2D eigenvalue weighted by Crippen LogP contribution is -2.50.